The highest BCUT2D eigenvalue weighted by molar-refractivity contribution is 7.16. The number of fused-ring (bicyclic) bond motifs is 1. The first-order valence-corrected chi connectivity index (χ1v) is 5.92. The second-order valence-corrected chi connectivity index (χ2v) is 4.26. The minimum atomic E-state index is 1.03. The minimum Gasteiger partial charge on any atom is -0.319 e. The molecule has 1 heterocycles. The molecule has 2 rings (SSSR count). The third kappa shape index (κ3) is 2.64. The van der Waals surface area contributed by atoms with Crippen LogP contribution in [0.3, 0.4) is 0 Å². The van der Waals surface area contributed by atoms with Crippen LogP contribution in [0, 0.1) is 0 Å². The predicted octanol–water partition coefficient (Wildman–Crippen LogP) is 2.92. The lowest BCUT2D eigenvalue weighted by atomic mass is 10.2. The van der Waals surface area contributed by atoms with Crippen LogP contribution in [0.5, 0.6) is 0 Å². The van der Waals surface area contributed by atoms with Gasteiger partial charge < -0.3 is 5.32 Å². The number of benzene rings is 1. The molecule has 1 aromatic carbocycles. The monoisotopic (exact) mass is 218 g/mol. The zero-order valence-corrected chi connectivity index (χ0v) is 9.55. The normalized spacial score (nSPS) is 11.5. The molecule has 0 bridgehead atoms. The van der Waals surface area contributed by atoms with Crippen molar-refractivity contribution in [3.63, 3.8) is 0 Å². The topological polar surface area (TPSA) is 24.9 Å². The van der Waals surface area contributed by atoms with Gasteiger partial charge in [-0.1, -0.05) is 18.2 Å². The minimum absolute atomic E-state index is 1.03. The second-order valence-electron chi connectivity index (χ2n) is 3.37. The Morgan fingerprint density at radius 2 is 2.40 bits per heavy atom. The molecule has 0 atom stereocenters. The van der Waals surface area contributed by atoms with Crippen LogP contribution in [0.1, 0.15) is 12.0 Å². The summed E-state index contributed by atoms with van der Waals surface area (Å²) in [5, 5.41) is 3.12. The fourth-order valence-corrected chi connectivity index (χ4v) is 2.15. The van der Waals surface area contributed by atoms with Crippen LogP contribution in [0.25, 0.3) is 16.3 Å². The summed E-state index contributed by atoms with van der Waals surface area (Å²) in [6.45, 7) is 1.03. The number of thiazole rings is 1. The lowest BCUT2D eigenvalue weighted by Crippen LogP contribution is -2.05. The number of hydrogen-bond donors (Lipinski definition) is 1. The molecular weight excluding hydrogens is 204 g/mol. The Morgan fingerprint density at radius 3 is 3.27 bits per heavy atom. The molecule has 0 saturated carbocycles. The molecule has 1 N–H and O–H groups in total. The Kier molecular flexibility index (Phi) is 3.48. The number of aromatic nitrogens is 1. The van der Waals surface area contributed by atoms with Gasteiger partial charge in [0.05, 0.1) is 15.7 Å². The first kappa shape index (κ1) is 10.3. The largest absolute Gasteiger partial charge is 0.319 e. The Labute approximate surface area is 93.7 Å². The van der Waals surface area contributed by atoms with Gasteiger partial charge in [0, 0.05) is 0 Å². The molecule has 2 nitrogen and oxygen atoms in total. The van der Waals surface area contributed by atoms with Crippen molar-refractivity contribution < 1.29 is 0 Å². The summed E-state index contributed by atoms with van der Waals surface area (Å²) in [7, 11) is 1.97. The van der Waals surface area contributed by atoms with E-state index in [2.05, 4.69) is 40.7 Å². The zero-order valence-electron chi connectivity index (χ0n) is 8.73. The maximum Gasteiger partial charge on any atom is 0.0812 e. The van der Waals surface area contributed by atoms with Crippen LogP contribution in [0.2, 0.25) is 0 Å². The van der Waals surface area contributed by atoms with Gasteiger partial charge in [0.25, 0.3) is 0 Å². The van der Waals surface area contributed by atoms with E-state index in [0.717, 1.165) is 18.5 Å². The molecule has 0 saturated heterocycles. The molecule has 0 aliphatic carbocycles. The van der Waals surface area contributed by atoms with Gasteiger partial charge in [0.1, 0.15) is 0 Å². The SMILES string of the molecule is CNCCC=Cc1ccc2ncsc2c1. The van der Waals surface area contributed by atoms with E-state index in [1.807, 2.05) is 12.6 Å². The zero-order chi connectivity index (χ0) is 10.5. The maximum absolute atomic E-state index is 4.25. The molecule has 1 aromatic heterocycles. The van der Waals surface area contributed by atoms with Crippen LogP contribution < -0.4 is 5.32 Å². The van der Waals surface area contributed by atoms with E-state index >= 15 is 0 Å². The molecule has 0 aliphatic rings. The van der Waals surface area contributed by atoms with Gasteiger partial charge >= 0.3 is 0 Å². The first-order valence-electron chi connectivity index (χ1n) is 5.04. The highest BCUT2D eigenvalue weighted by Crippen LogP contribution is 2.19. The van der Waals surface area contributed by atoms with Gasteiger partial charge in [-0.25, -0.2) is 4.98 Å². The molecule has 0 aliphatic heterocycles. The van der Waals surface area contributed by atoms with Gasteiger partial charge in [-0.05, 0) is 37.7 Å². The molecule has 0 amide bonds. The number of nitrogens with one attached hydrogen (secondary N) is 1. The van der Waals surface area contributed by atoms with E-state index in [0.29, 0.717) is 0 Å². The van der Waals surface area contributed by atoms with E-state index in [9.17, 15) is 0 Å². The highest BCUT2D eigenvalue weighted by Gasteiger charge is 1.95. The van der Waals surface area contributed by atoms with Gasteiger partial charge in [0.2, 0.25) is 0 Å². The summed E-state index contributed by atoms with van der Waals surface area (Å²) in [5.74, 6) is 0. The molecule has 78 valence electrons. The van der Waals surface area contributed by atoms with Crippen molar-refractivity contribution in [2.45, 2.75) is 6.42 Å². The lowest BCUT2D eigenvalue weighted by molar-refractivity contribution is 0.809. The summed E-state index contributed by atoms with van der Waals surface area (Å²) >= 11 is 1.69. The van der Waals surface area contributed by atoms with E-state index in [4.69, 9.17) is 0 Å². The van der Waals surface area contributed by atoms with Crippen LogP contribution in [-0.4, -0.2) is 18.6 Å². The molecule has 15 heavy (non-hydrogen) atoms. The third-order valence-electron chi connectivity index (χ3n) is 2.23. The third-order valence-corrected chi connectivity index (χ3v) is 3.02. The van der Waals surface area contributed by atoms with Crippen LogP contribution in [-0.2, 0) is 0 Å². The van der Waals surface area contributed by atoms with E-state index in [-0.39, 0.29) is 0 Å². The quantitative estimate of drug-likeness (QED) is 0.798. The summed E-state index contributed by atoms with van der Waals surface area (Å²) in [6, 6.07) is 6.37. The van der Waals surface area contributed by atoms with Crippen molar-refractivity contribution in [1.82, 2.24) is 10.3 Å². The molecule has 2 aromatic rings. The van der Waals surface area contributed by atoms with Crippen LogP contribution >= 0.6 is 11.3 Å². The van der Waals surface area contributed by atoms with Gasteiger partial charge in [-0.3, -0.25) is 0 Å². The Morgan fingerprint density at radius 1 is 1.47 bits per heavy atom. The lowest BCUT2D eigenvalue weighted by Gasteiger charge is -1.94. The number of rotatable bonds is 4. The Bertz CT molecular complexity index is 459. The van der Waals surface area contributed by atoms with Crippen molar-refractivity contribution in [1.29, 1.82) is 0 Å². The Balaban J connectivity index is 2.10. The fourth-order valence-electron chi connectivity index (χ4n) is 1.42. The van der Waals surface area contributed by atoms with Crippen molar-refractivity contribution in [2.75, 3.05) is 13.6 Å². The van der Waals surface area contributed by atoms with Crippen molar-refractivity contribution >= 4 is 27.6 Å². The predicted molar refractivity (Wildman–Crippen MR) is 67.2 cm³/mol. The summed E-state index contributed by atoms with van der Waals surface area (Å²) < 4.78 is 1.26. The molecule has 0 spiro atoms. The molecular formula is C12H14N2S. The average molecular weight is 218 g/mol. The maximum atomic E-state index is 4.25. The van der Waals surface area contributed by atoms with Crippen molar-refractivity contribution in [3.05, 3.63) is 35.3 Å². The molecule has 0 fully saturated rings. The molecule has 3 heteroatoms. The van der Waals surface area contributed by atoms with Crippen molar-refractivity contribution in [2.24, 2.45) is 0 Å². The highest BCUT2D eigenvalue weighted by atomic mass is 32.1. The number of nitrogens with zero attached hydrogens (tertiary/aromatic N) is 1. The molecule has 0 radical (unpaired) electrons. The standard InChI is InChI=1S/C12H14N2S/c1-13-7-3-2-4-10-5-6-11-12(8-10)15-9-14-11/h2,4-6,8-9,13H,3,7H2,1H3. The average Bonchev–Trinajstić information content (AvgIpc) is 2.71. The van der Waals surface area contributed by atoms with Gasteiger partial charge in [-0.2, -0.15) is 0 Å². The first-order chi connectivity index (χ1) is 7.40. The fraction of sp³-hybridized carbons (Fsp3) is 0.250. The van der Waals surface area contributed by atoms with Gasteiger partial charge in [0.15, 0.2) is 0 Å². The van der Waals surface area contributed by atoms with E-state index in [1.165, 1.54) is 10.3 Å². The van der Waals surface area contributed by atoms with Crippen LogP contribution in [0.15, 0.2) is 29.8 Å². The summed E-state index contributed by atoms with van der Waals surface area (Å²) in [6.07, 6.45) is 5.42. The Hall–Kier alpha value is -1.19. The number of hydrogen-bond acceptors (Lipinski definition) is 3. The van der Waals surface area contributed by atoms with Crippen LogP contribution in [0.4, 0.5) is 0 Å². The summed E-state index contributed by atoms with van der Waals surface area (Å²) in [5.41, 5.74) is 4.23. The van der Waals surface area contributed by atoms with Gasteiger partial charge in [-0.15, -0.1) is 11.3 Å². The molecule has 0 unspecified atom stereocenters. The summed E-state index contributed by atoms with van der Waals surface area (Å²) in [4.78, 5) is 4.25. The van der Waals surface area contributed by atoms with Crippen molar-refractivity contribution in [3.8, 4) is 0 Å². The van der Waals surface area contributed by atoms with E-state index < -0.39 is 0 Å². The van der Waals surface area contributed by atoms with E-state index in [1.54, 1.807) is 11.3 Å². The smallest absolute Gasteiger partial charge is 0.0812 e. The second kappa shape index (κ2) is 5.05.